The van der Waals surface area contributed by atoms with Crippen LogP contribution in [0.25, 0.3) is 0 Å². The Balaban J connectivity index is 1.59. The maximum absolute atomic E-state index is 13.8. The Morgan fingerprint density at radius 1 is 1.21 bits per heavy atom. The molecule has 4 rings (SSSR count). The van der Waals surface area contributed by atoms with Crippen LogP contribution in [0.15, 0.2) is 39.7 Å². The van der Waals surface area contributed by atoms with E-state index in [1.807, 2.05) is 19.1 Å². The first-order valence-corrected chi connectivity index (χ1v) is 13.9. The number of nitrogens with zero attached hydrogens (tertiary/aromatic N) is 2. The lowest BCUT2D eigenvalue weighted by atomic mass is 9.98. The minimum atomic E-state index is -3.93. The molecule has 0 bridgehead atoms. The van der Waals surface area contributed by atoms with Crippen molar-refractivity contribution in [2.24, 2.45) is 5.92 Å². The molecule has 0 aliphatic carbocycles. The number of carbonyl (C=O) groups is 2. The van der Waals surface area contributed by atoms with Crippen molar-refractivity contribution in [3.05, 3.63) is 51.0 Å². The first-order valence-electron chi connectivity index (χ1n) is 11.3. The number of amides is 2. The van der Waals surface area contributed by atoms with Crippen LogP contribution in [0.1, 0.15) is 37.3 Å². The molecule has 2 aliphatic heterocycles. The highest BCUT2D eigenvalue weighted by molar-refractivity contribution is 9.10. The second-order valence-corrected chi connectivity index (χ2v) is 11.9. The Bertz CT molecular complexity index is 1250. The SMILES string of the molecule is CCC(=O)N1CCc2cc(Br)cc(S(=O)(=O)N3CCC[C@@H](C(=O)Nc4ccc(C)c(Cl)c4)C3)c21. The van der Waals surface area contributed by atoms with Crippen LogP contribution in [-0.4, -0.2) is 44.2 Å². The molecule has 7 nitrogen and oxygen atoms in total. The summed E-state index contributed by atoms with van der Waals surface area (Å²) in [4.78, 5) is 27.2. The zero-order valence-electron chi connectivity index (χ0n) is 19.1. The second kappa shape index (κ2) is 9.97. The summed E-state index contributed by atoms with van der Waals surface area (Å²) in [6.07, 6.45) is 2.06. The van der Waals surface area contributed by atoms with Crippen molar-refractivity contribution < 1.29 is 18.0 Å². The van der Waals surface area contributed by atoms with Gasteiger partial charge in [-0.2, -0.15) is 4.31 Å². The summed E-state index contributed by atoms with van der Waals surface area (Å²) in [5.74, 6) is -0.829. The molecule has 2 aromatic rings. The van der Waals surface area contributed by atoms with Crippen molar-refractivity contribution in [1.29, 1.82) is 0 Å². The zero-order valence-corrected chi connectivity index (χ0v) is 22.3. The highest BCUT2D eigenvalue weighted by Crippen LogP contribution is 2.40. The number of hydrogen-bond acceptors (Lipinski definition) is 4. The molecule has 34 heavy (non-hydrogen) atoms. The third kappa shape index (κ3) is 4.89. The van der Waals surface area contributed by atoms with Crippen molar-refractivity contribution in [2.45, 2.75) is 44.4 Å². The molecule has 182 valence electrons. The summed E-state index contributed by atoms with van der Waals surface area (Å²) in [5, 5.41) is 3.42. The van der Waals surface area contributed by atoms with Gasteiger partial charge in [0.1, 0.15) is 4.90 Å². The van der Waals surface area contributed by atoms with Crippen molar-refractivity contribution in [2.75, 3.05) is 29.9 Å². The molecule has 10 heteroatoms. The van der Waals surface area contributed by atoms with Gasteiger partial charge in [0.25, 0.3) is 0 Å². The van der Waals surface area contributed by atoms with E-state index in [1.54, 1.807) is 30.0 Å². The van der Waals surface area contributed by atoms with Crippen LogP contribution in [0.2, 0.25) is 5.02 Å². The van der Waals surface area contributed by atoms with E-state index in [2.05, 4.69) is 21.2 Å². The van der Waals surface area contributed by atoms with E-state index in [0.29, 0.717) is 59.6 Å². The molecule has 2 heterocycles. The predicted molar refractivity (Wildman–Crippen MR) is 137 cm³/mol. The van der Waals surface area contributed by atoms with E-state index in [1.165, 1.54) is 4.31 Å². The molecular weight excluding hydrogens is 542 g/mol. The average Bonchev–Trinajstić information content (AvgIpc) is 3.24. The van der Waals surface area contributed by atoms with Crippen LogP contribution < -0.4 is 10.2 Å². The molecule has 0 aromatic heterocycles. The monoisotopic (exact) mass is 567 g/mol. The summed E-state index contributed by atoms with van der Waals surface area (Å²) in [6, 6.07) is 8.73. The van der Waals surface area contributed by atoms with E-state index in [-0.39, 0.29) is 23.3 Å². The molecule has 0 radical (unpaired) electrons. The molecular formula is C24H27BrClN3O4S. The number of sulfonamides is 1. The normalized spacial score (nSPS) is 18.6. The van der Waals surface area contributed by atoms with Crippen LogP contribution in [0.3, 0.4) is 0 Å². The van der Waals surface area contributed by atoms with Crippen LogP contribution in [0, 0.1) is 12.8 Å². The van der Waals surface area contributed by atoms with E-state index >= 15 is 0 Å². The number of rotatable bonds is 5. The number of carbonyl (C=O) groups excluding carboxylic acids is 2. The molecule has 0 spiro atoms. The van der Waals surface area contributed by atoms with E-state index in [9.17, 15) is 18.0 Å². The molecule has 1 fully saturated rings. The Labute approximate surface area is 213 Å². The van der Waals surface area contributed by atoms with Crippen molar-refractivity contribution in [3.63, 3.8) is 0 Å². The van der Waals surface area contributed by atoms with Crippen molar-refractivity contribution in [1.82, 2.24) is 4.31 Å². The van der Waals surface area contributed by atoms with Gasteiger partial charge in [0.2, 0.25) is 21.8 Å². The van der Waals surface area contributed by atoms with E-state index < -0.39 is 15.9 Å². The summed E-state index contributed by atoms with van der Waals surface area (Å²) in [6.45, 7) is 4.52. The summed E-state index contributed by atoms with van der Waals surface area (Å²) < 4.78 is 29.6. The number of fused-ring (bicyclic) bond motifs is 1. The lowest BCUT2D eigenvalue weighted by molar-refractivity contribution is -0.121. The average molecular weight is 569 g/mol. The van der Waals surface area contributed by atoms with Gasteiger partial charge in [0.15, 0.2) is 0 Å². The molecule has 0 saturated carbocycles. The van der Waals surface area contributed by atoms with Crippen molar-refractivity contribution >= 4 is 60.7 Å². The largest absolute Gasteiger partial charge is 0.326 e. The number of hydrogen-bond donors (Lipinski definition) is 1. The van der Waals surface area contributed by atoms with Crippen LogP contribution in [-0.2, 0) is 26.0 Å². The fraction of sp³-hybridized carbons (Fsp3) is 0.417. The summed E-state index contributed by atoms with van der Waals surface area (Å²) in [5.41, 5.74) is 2.79. The Hall–Kier alpha value is -1.94. The van der Waals surface area contributed by atoms with Crippen LogP contribution in [0.4, 0.5) is 11.4 Å². The topological polar surface area (TPSA) is 86.8 Å². The van der Waals surface area contributed by atoms with Crippen molar-refractivity contribution in [3.8, 4) is 0 Å². The quantitative estimate of drug-likeness (QED) is 0.564. The van der Waals surface area contributed by atoms with Gasteiger partial charge in [-0.3, -0.25) is 9.59 Å². The Kier molecular flexibility index (Phi) is 7.38. The molecule has 1 N–H and O–H groups in total. The van der Waals surface area contributed by atoms with Gasteiger partial charge < -0.3 is 10.2 Å². The minimum absolute atomic E-state index is 0.0801. The number of piperidine rings is 1. The van der Waals surface area contributed by atoms with Gasteiger partial charge in [-0.1, -0.05) is 40.5 Å². The molecule has 1 atom stereocenters. The molecule has 2 aliphatic rings. The van der Waals surface area contributed by atoms with Gasteiger partial charge in [-0.15, -0.1) is 0 Å². The third-order valence-corrected chi connectivity index (χ3v) is 9.15. The maximum atomic E-state index is 13.8. The van der Waals surface area contributed by atoms with E-state index in [4.69, 9.17) is 11.6 Å². The first kappa shape index (κ1) is 25.2. The lowest BCUT2D eigenvalue weighted by Gasteiger charge is -2.32. The Morgan fingerprint density at radius 2 is 1.97 bits per heavy atom. The van der Waals surface area contributed by atoms with E-state index in [0.717, 1.165) is 11.1 Å². The van der Waals surface area contributed by atoms with Gasteiger partial charge >= 0.3 is 0 Å². The molecule has 2 aromatic carbocycles. The number of nitrogens with one attached hydrogen (secondary N) is 1. The molecule has 0 unspecified atom stereocenters. The second-order valence-electron chi connectivity index (χ2n) is 8.72. The predicted octanol–water partition coefficient (Wildman–Crippen LogP) is 4.75. The van der Waals surface area contributed by atoms with Crippen LogP contribution in [0.5, 0.6) is 0 Å². The Morgan fingerprint density at radius 3 is 2.68 bits per heavy atom. The smallest absolute Gasteiger partial charge is 0.245 e. The standard InChI is InChI=1S/C24H27BrClN3O4S/c1-3-22(30)29-10-8-16-11-18(25)12-21(23(16)29)34(32,33)28-9-4-5-17(14-28)24(31)27-19-7-6-15(2)20(26)13-19/h6-7,11-13,17H,3-5,8-10,14H2,1-2H3,(H,27,31)/t17-/m1/s1. The lowest BCUT2D eigenvalue weighted by Crippen LogP contribution is -2.44. The van der Waals surface area contributed by atoms with Crippen LogP contribution >= 0.6 is 27.5 Å². The molecule has 1 saturated heterocycles. The number of anilines is 2. The van der Waals surface area contributed by atoms with Gasteiger partial charge in [0.05, 0.1) is 11.6 Å². The summed E-state index contributed by atoms with van der Waals surface area (Å²) >= 11 is 9.59. The molecule has 2 amide bonds. The number of halogens is 2. The first-order chi connectivity index (χ1) is 16.1. The van der Waals surface area contributed by atoms with Gasteiger partial charge in [-0.05, 0) is 61.6 Å². The zero-order chi connectivity index (χ0) is 24.6. The van der Waals surface area contributed by atoms with Gasteiger partial charge in [-0.25, -0.2) is 8.42 Å². The summed E-state index contributed by atoms with van der Waals surface area (Å²) in [7, 11) is -3.93. The van der Waals surface area contributed by atoms with Gasteiger partial charge in [0, 0.05) is 41.2 Å². The third-order valence-electron chi connectivity index (χ3n) is 6.41. The maximum Gasteiger partial charge on any atom is 0.245 e. The number of benzene rings is 2. The highest BCUT2D eigenvalue weighted by Gasteiger charge is 2.38. The fourth-order valence-electron chi connectivity index (χ4n) is 4.53. The highest BCUT2D eigenvalue weighted by atomic mass is 79.9. The fourth-order valence-corrected chi connectivity index (χ4v) is 7.16. The minimum Gasteiger partial charge on any atom is -0.326 e. The number of aryl methyl sites for hydroxylation is 1.